The van der Waals surface area contributed by atoms with Crippen molar-refractivity contribution in [2.45, 2.75) is 11.5 Å². The lowest BCUT2D eigenvalue weighted by atomic mass is 10.1. The van der Waals surface area contributed by atoms with Crippen molar-refractivity contribution in [2.24, 2.45) is 5.10 Å². The predicted molar refractivity (Wildman–Crippen MR) is 166 cm³/mol. The molecule has 5 aromatic carbocycles. The van der Waals surface area contributed by atoms with Crippen molar-refractivity contribution < 1.29 is 17.9 Å². The minimum absolute atomic E-state index is 0.0826. The van der Waals surface area contributed by atoms with E-state index in [2.05, 4.69) is 56.8 Å². The van der Waals surface area contributed by atoms with Gasteiger partial charge in [0.25, 0.3) is 15.9 Å². The topological polar surface area (TPSA) is 88.1 Å². The van der Waals surface area contributed by atoms with Crippen LogP contribution in [0.4, 0.5) is 5.69 Å². The van der Waals surface area contributed by atoms with E-state index in [1.165, 1.54) is 29.1 Å². The highest BCUT2D eigenvalue weighted by molar-refractivity contribution is 9.10. The lowest BCUT2D eigenvalue weighted by Gasteiger charge is -2.23. The Kier molecular flexibility index (Phi) is 8.76. The van der Waals surface area contributed by atoms with E-state index in [1.54, 1.807) is 42.5 Å². The van der Waals surface area contributed by atoms with E-state index in [-0.39, 0.29) is 4.90 Å². The molecule has 41 heavy (non-hydrogen) atoms. The van der Waals surface area contributed by atoms with Crippen LogP contribution in [-0.4, -0.2) is 27.1 Å². The van der Waals surface area contributed by atoms with E-state index in [1.807, 2.05) is 36.4 Å². The Hall–Kier alpha value is -4.47. The summed E-state index contributed by atoms with van der Waals surface area (Å²) in [5.74, 6) is 0.117. The van der Waals surface area contributed by atoms with E-state index < -0.39 is 22.5 Å². The van der Waals surface area contributed by atoms with Crippen molar-refractivity contribution in [3.05, 3.63) is 137 Å². The lowest BCUT2D eigenvalue weighted by Crippen LogP contribution is -2.39. The molecular weight excluding hydrogens is 602 g/mol. The molecule has 0 aliphatic rings. The Morgan fingerprint density at radius 3 is 2.32 bits per heavy atom. The van der Waals surface area contributed by atoms with Crippen LogP contribution in [-0.2, 0) is 21.4 Å². The molecule has 0 unspecified atom stereocenters. The molecule has 1 N–H and O–H groups in total. The number of nitrogens with zero attached hydrogens (tertiary/aromatic N) is 2. The largest absolute Gasteiger partial charge is 0.489 e. The molecule has 0 heterocycles. The number of hydrazone groups is 1. The summed E-state index contributed by atoms with van der Waals surface area (Å²) < 4.78 is 34.4. The molecule has 7 nitrogen and oxygen atoms in total. The molecule has 0 spiro atoms. The summed E-state index contributed by atoms with van der Waals surface area (Å²) in [7, 11) is -4.00. The van der Waals surface area contributed by atoms with Crippen molar-refractivity contribution >= 4 is 54.5 Å². The van der Waals surface area contributed by atoms with Crippen LogP contribution in [0.25, 0.3) is 10.8 Å². The van der Waals surface area contributed by atoms with Gasteiger partial charge in [-0.3, -0.25) is 9.10 Å². The number of benzene rings is 5. The number of fused-ring (bicyclic) bond motifs is 1. The molecule has 5 rings (SSSR count). The molecule has 1 amide bonds. The number of halogens is 1. The molecule has 9 heteroatoms. The second-order valence-electron chi connectivity index (χ2n) is 9.14. The molecule has 206 valence electrons. The molecule has 0 fully saturated rings. The van der Waals surface area contributed by atoms with Crippen LogP contribution in [0.3, 0.4) is 0 Å². The molecule has 0 bridgehead atoms. The highest BCUT2D eigenvalue weighted by Crippen LogP contribution is 2.26. The van der Waals surface area contributed by atoms with Crippen molar-refractivity contribution in [1.29, 1.82) is 0 Å². The number of carbonyl (C=O) groups excluding carboxylic acids is 1. The van der Waals surface area contributed by atoms with E-state index in [4.69, 9.17) is 4.74 Å². The van der Waals surface area contributed by atoms with Gasteiger partial charge in [-0.25, -0.2) is 13.8 Å². The third-order valence-electron chi connectivity index (χ3n) is 6.22. The second-order valence-corrected chi connectivity index (χ2v) is 11.9. The van der Waals surface area contributed by atoms with Crippen molar-refractivity contribution in [2.75, 3.05) is 10.8 Å². The fraction of sp³-hybridized carbons (Fsp3) is 0.0625. The zero-order valence-corrected chi connectivity index (χ0v) is 24.3. The number of sulfonamides is 1. The SMILES string of the molecule is O=C(CN(c1cccc(Br)c1)S(=O)(=O)c1ccccc1)N/N=C\c1ccc(OCc2ccc3ccccc3c2)cc1. The molecule has 0 saturated heterocycles. The van der Waals surface area contributed by atoms with Crippen LogP contribution >= 0.6 is 15.9 Å². The summed E-state index contributed by atoms with van der Waals surface area (Å²) in [6, 6.07) is 36.5. The molecule has 0 radical (unpaired) electrons. The summed E-state index contributed by atoms with van der Waals surface area (Å²) in [5.41, 5.74) is 4.59. The molecule has 0 aromatic heterocycles. The molecule has 0 aliphatic carbocycles. The van der Waals surface area contributed by atoms with Gasteiger partial charge < -0.3 is 4.74 Å². The maximum absolute atomic E-state index is 13.4. The standard InChI is InChI=1S/C32H26BrN3O4S/c33-28-9-6-10-29(20-28)36(41(38,39)31-11-2-1-3-12-31)22-32(37)35-34-21-24-14-17-30(18-15-24)40-23-25-13-16-26-7-4-5-8-27(26)19-25/h1-21H,22-23H2,(H,35,37)/b34-21-. The predicted octanol–water partition coefficient (Wildman–Crippen LogP) is 6.53. The number of ether oxygens (including phenoxy) is 1. The van der Waals surface area contributed by atoms with Gasteiger partial charge in [-0.05, 0) is 82.6 Å². The molecular formula is C32H26BrN3O4S. The molecule has 5 aromatic rings. The first-order chi connectivity index (χ1) is 19.9. The van der Waals surface area contributed by atoms with Crippen LogP contribution in [0.15, 0.2) is 136 Å². The number of nitrogens with one attached hydrogen (secondary N) is 1. The monoisotopic (exact) mass is 627 g/mol. The smallest absolute Gasteiger partial charge is 0.264 e. The van der Waals surface area contributed by atoms with Gasteiger partial charge in [0.05, 0.1) is 16.8 Å². The van der Waals surface area contributed by atoms with E-state index in [9.17, 15) is 13.2 Å². The van der Waals surface area contributed by atoms with Gasteiger partial charge >= 0.3 is 0 Å². The third kappa shape index (κ3) is 7.19. The van der Waals surface area contributed by atoms with Gasteiger partial charge in [-0.1, -0.05) is 76.6 Å². The van der Waals surface area contributed by atoms with Crippen LogP contribution in [0.1, 0.15) is 11.1 Å². The van der Waals surface area contributed by atoms with E-state index in [0.717, 1.165) is 15.4 Å². The zero-order valence-electron chi connectivity index (χ0n) is 21.9. The van der Waals surface area contributed by atoms with E-state index >= 15 is 0 Å². The van der Waals surface area contributed by atoms with Gasteiger partial charge in [-0.2, -0.15) is 5.10 Å². The quantitative estimate of drug-likeness (QED) is 0.141. The maximum Gasteiger partial charge on any atom is 0.264 e. The highest BCUT2D eigenvalue weighted by atomic mass is 79.9. The molecule has 0 saturated carbocycles. The molecule has 0 atom stereocenters. The summed E-state index contributed by atoms with van der Waals surface area (Å²) >= 11 is 3.37. The summed E-state index contributed by atoms with van der Waals surface area (Å²) in [6.07, 6.45) is 1.49. The Morgan fingerprint density at radius 2 is 1.56 bits per heavy atom. The Bertz CT molecular complexity index is 1790. The fourth-order valence-corrected chi connectivity index (χ4v) is 5.98. The average molecular weight is 629 g/mol. The first-order valence-corrected chi connectivity index (χ1v) is 15.0. The second kappa shape index (κ2) is 12.8. The first-order valence-electron chi connectivity index (χ1n) is 12.7. The van der Waals surface area contributed by atoms with Gasteiger partial charge in [0, 0.05) is 4.47 Å². The van der Waals surface area contributed by atoms with Gasteiger partial charge in [0.15, 0.2) is 0 Å². The number of anilines is 1. The van der Waals surface area contributed by atoms with Crippen LogP contribution in [0.2, 0.25) is 0 Å². The number of hydrogen-bond acceptors (Lipinski definition) is 5. The Labute approximate surface area is 247 Å². The fourth-order valence-electron chi connectivity index (χ4n) is 4.16. The van der Waals surface area contributed by atoms with Crippen molar-refractivity contribution in [1.82, 2.24) is 5.43 Å². The van der Waals surface area contributed by atoms with Crippen LogP contribution in [0.5, 0.6) is 5.75 Å². The average Bonchev–Trinajstić information content (AvgIpc) is 3.00. The highest BCUT2D eigenvalue weighted by Gasteiger charge is 2.27. The van der Waals surface area contributed by atoms with Crippen molar-refractivity contribution in [3.8, 4) is 5.75 Å². The first kappa shape index (κ1) is 28.1. The lowest BCUT2D eigenvalue weighted by molar-refractivity contribution is -0.119. The van der Waals surface area contributed by atoms with E-state index in [0.29, 0.717) is 22.5 Å². The van der Waals surface area contributed by atoms with Gasteiger partial charge in [0.1, 0.15) is 18.9 Å². The molecule has 0 aliphatic heterocycles. The minimum atomic E-state index is -4.00. The van der Waals surface area contributed by atoms with Gasteiger partial charge in [0.2, 0.25) is 0 Å². The maximum atomic E-state index is 13.4. The number of hydrogen-bond donors (Lipinski definition) is 1. The number of amides is 1. The summed E-state index contributed by atoms with van der Waals surface area (Å²) in [6.45, 7) is -0.0126. The zero-order chi connectivity index (χ0) is 28.7. The minimum Gasteiger partial charge on any atom is -0.489 e. The third-order valence-corrected chi connectivity index (χ3v) is 8.50. The Balaban J connectivity index is 1.20. The van der Waals surface area contributed by atoms with Crippen LogP contribution < -0.4 is 14.5 Å². The normalized spacial score (nSPS) is 11.4. The number of rotatable bonds is 10. The van der Waals surface area contributed by atoms with Crippen molar-refractivity contribution in [3.63, 3.8) is 0 Å². The van der Waals surface area contributed by atoms with Gasteiger partial charge in [-0.15, -0.1) is 0 Å². The number of carbonyl (C=O) groups is 1. The summed E-state index contributed by atoms with van der Waals surface area (Å²) in [4.78, 5) is 12.9. The van der Waals surface area contributed by atoms with Crippen LogP contribution in [0, 0.1) is 0 Å². The Morgan fingerprint density at radius 1 is 0.829 bits per heavy atom. The summed E-state index contributed by atoms with van der Waals surface area (Å²) in [5, 5.41) is 6.37.